The molecule has 1 aliphatic rings. The molecule has 8 heteroatoms. The monoisotopic (exact) mass is 466 g/mol. The summed E-state index contributed by atoms with van der Waals surface area (Å²) in [6, 6.07) is 23.5. The van der Waals surface area contributed by atoms with Crippen molar-refractivity contribution in [1.29, 1.82) is 0 Å². The van der Waals surface area contributed by atoms with Crippen LogP contribution in [0.1, 0.15) is 11.1 Å². The number of carbonyl (C=O) groups is 1. The average molecular weight is 467 g/mol. The standard InChI is InChI=1S/C25H26N2O5S/c28-25(26-14-13-20-7-3-1-4-8-20)19-27(18-21-9-5-2-6-10-21)33(29,30)22-11-12-23-24(17-22)32-16-15-31-23/h1-12,17H,13-16,18-19H2,(H,26,28). The fraction of sp³-hybridized carbons (Fsp3) is 0.240. The maximum absolute atomic E-state index is 13.5. The summed E-state index contributed by atoms with van der Waals surface area (Å²) in [6.07, 6.45) is 0.667. The lowest BCUT2D eigenvalue weighted by atomic mass is 10.1. The van der Waals surface area contributed by atoms with Gasteiger partial charge in [0.1, 0.15) is 13.2 Å². The summed E-state index contributed by atoms with van der Waals surface area (Å²) in [4.78, 5) is 12.7. The van der Waals surface area contributed by atoms with Crippen LogP contribution in [0.3, 0.4) is 0 Å². The summed E-state index contributed by atoms with van der Waals surface area (Å²) in [5.74, 6) is 0.533. The summed E-state index contributed by atoms with van der Waals surface area (Å²) in [7, 11) is -3.97. The molecule has 33 heavy (non-hydrogen) atoms. The highest BCUT2D eigenvalue weighted by Gasteiger charge is 2.28. The van der Waals surface area contributed by atoms with E-state index in [0.29, 0.717) is 37.7 Å². The smallest absolute Gasteiger partial charge is 0.243 e. The van der Waals surface area contributed by atoms with Crippen LogP contribution in [0.5, 0.6) is 11.5 Å². The zero-order valence-electron chi connectivity index (χ0n) is 18.1. The van der Waals surface area contributed by atoms with Gasteiger partial charge < -0.3 is 14.8 Å². The van der Waals surface area contributed by atoms with Gasteiger partial charge in [0.15, 0.2) is 11.5 Å². The topological polar surface area (TPSA) is 84.9 Å². The number of sulfonamides is 1. The van der Waals surface area contributed by atoms with E-state index in [-0.39, 0.29) is 23.9 Å². The lowest BCUT2D eigenvalue weighted by molar-refractivity contribution is -0.121. The van der Waals surface area contributed by atoms with Gasteiger partial charge >= 0.3 is 0 Å². The molecule has 0 aromatic heterocycles. The second kappa shape index (κ2) is 10.5. The normalized spacial score (nSPS) is 13.0. The summed E-state index contributed by atoms with van der Waals surface area (Å²) in [5, 5.41) is 2.83. The molecule has 3 aromatic carbocycles. The van der Waals surface area contributed by atoms with Gasteiger partial charge in [0.25, 0.3) is 0 Å². The second-order valence-electron chi connectivity index (χ2n) is 7.65. The Morgan fingerprint density at radius 1 is 0.848 bits per heavy atom. The van der Waals surface area contributed by atoms with Crippen LogP contribution in [0.15, 0.2) is 83.8 Å². The number of amides is 1. The molecule has 3 aromatic rings. The first-order valence-corrected chi connectivity index (χ1v) is 12.2. The van der Waals surface area contributed by atoms with E-state index >= 15 is 0 Å². The summed E-state index contributed by atoms with van der Waals surface area (Å²) < 4.78 is 39.2. The highest BCUT2D eigenvalue weighted by molar-refractivity contribution is 7.89. The third kappa shape index (κ3) is 5.91. The number of carbonyl (C=O) groups excluding carboxylic acids is 1. The number of benzene rings is 3. The van der Waals surface area contributed by atoms with E-state index in [0.717, 1.165) is 11.1 Å². The second-order valence-corrected chi connectivity index (χ2v) is 9.59. The number of rotatable bonds is 9. The molecule has 1 amide bonds. The van der Waals surface area contributed by atoms with Crippen molar-refractivity contribution in [1.82, 2.24) is 9.62 Å². The van der Waals surface area contributed by atoms with Gasteiger partial charge in [-0.2, -0.15) is 4.31 Å². The van der Waals surface area contributed by atoms with Crippen molar-refractivity contribution in [2.45, 2.75) is 17.9 Å². The lowest BCUT2D eigenvalue weighted by Gasteiger charge is -2.24. The zero-order chi connectivity index (χ0) is 23.1. The van der Waals surface area contributed by atoms with Crippen LogP contribution in [-0.2, 0) is 27.8 Å². The van der Waals surface area contributed by atoms with Crippen molar-refractivity contribution in [2.75, 3.05) is 26.3 Å². The van der Waals surface area contributed by atoms with Crippen LogP contribution in [0.4, 0.5) is 0 Å². The molecular weight excluding hydrogens is 440 g/mol. The summed E-state index contributed by atoms with van der Waals surface area (Å²) in [6.45, 7) is 0.979. The average Bonchev–Trinajstić information content (AvgIpc) is 2.84. The first-order chi connectivity index (χ1) is 16.0. The first kappa shape index (κ1) is 22.8. The molecule has 0 bridgehead atoms. The molecule has 0 unspecified atom stereocenters. The van der Waals surface area contributed by atoms with Crippen molar-refractivity contribution in [3.05, 3.63) is 90.0 Å². The zero-order valence-corrected chi connectivity index (χ0v) is 19.0. The molecule has 0 saturated heterocycles. The fourth-order valence-electron chi connectivity index (χ4n) is 3.55. The molecule has 172 valence electrons. The molecular formula is C25H26N2O5S. The van der Waals surface area contributed by atoms with Gasteiger partial charge in [-0.15, -0.1) is 0 Å². The highest BCUT2D eigenvalue weighted by Crippen LogP contribution is 2.33. The Balaban J connectivity index is 1.50. The Morgan fingerprint density at radius 2 is 1.48 bits per heavy atom. The number of hydrogen-bond acceptors (Lipinski definition) is 5. The summed E-state index contributed by atoms with van der Waals surface area (Å²) >= 11 is 0. The lowest BCUT2D eigenvalue weighted by Crippen LogP contribution is -2.40. The molecule has 0 atom stereocenters. The Kier molecular flexibility index (Phi) is 7.26. The molecule has 4 rings (SSSR count). The maximum atomic E-state index is 13.5. The van der Waals surface area contributed by atoms with Crippen LogP contribution < -0.4 is 14.8 Å². The number of hydrogen-bond donors (Lipinski definition) is 1. The molecule has 0 aliphatic carbocycles. The fourth-order valence-corrected chi connectivity index (χ4v) is 4.95. The minimum absolute atomic E-state index is 0.0553. The van der Waals surface area contributed by atoms with E-state index in [1.165, 1.54) is 16.4 Å². The SMILES string of the molecule is O=C(CN(Cc1ccccc1)S(=O)(=O)c1ccc2c(c1)OCCO2)NCCc1ccccc1. The minimum atomic E-state index is -3.97. The van der Waals surface area contributed by atoms with Gasteiger partial charge in [-0.25, -0.2) is 8.42 Å². The Bertz CT molecular complexity index is 1180. The van der Waals surface area contributed by atoms with Crippen molar-refractivity contribution < 1.29 is 22.7 Å². The molecule has 0 spiro atoms. The van der Waals surface area contributed by atoms with Gasteiger partial charge in [0, 0.05) is 19.2 Å². The third-order valence-electron chi connectivity index (χ3n) is 5.25. The van der Waals surface area contributed by atoms with Gasteiger partial charge in [0.05, 0.1) is 11.4 Å². The predicted octanol–water partition coefficient (Wildman–Crippen LogP) is 3.01. The Labute approximate surface area is 194 Å². The van der Waals surface area contributed by atoms with Gasteiger partial charge in [-0.05, 0) is 29.7 Å². The van der Waals surface area contributed by atoms with Gasteiger partial charge in [0.2, 0.25) is 15.9 Å². The number of nitrogens with zero attached hydrogens (tertiary/aromatic N) is 1. The molecule has 1 heterocycles. The number of ether oxygens (including phenoxy) is 2. The molecule has 1 N–H and O–H groups in total. The summed E-state index contributed by atoms with van der Waals surface area (Å²) in [5.41, 5.74) is 1.89. The van der Waals surface area contributed by atoms with Gasteiger partial charge in [-0.1, -0.05) is 60.7 Å². The van der Waals surface area contributed by atoms with E-state index in [1.807, 2.05) is 60.7 Å². The number of fused-ring (bicyclic) bond motifs is 1. The van der Waals surface area contributed by atoms with Crippen LogP contribution in [-0.4, -0.2) is 44.9 Å². The van der Waals surface area contributed by atoms with Crippen LogP contribution >= 0.6 is 0 Å². The first-order valence-electron chi connectivity index (χ1n) is 10.8. The quantitative estimate of drug-likeness (QED) is 0.524. The van der Waals surface area contributed by atoms with Gasteiger partial charge in [-0.3, -0.25) is 4.79 Å². The number of nitrogens with one attached hydrogen (secondary N) is 1. The van der Waals surface area contributed by atoms with Crippen molar-refractivity contribution >= 4 is 15.9 Å². The Hall–Kier alpha value is -3.36. The van der Waals surface area contributed by atoms with E-state index in [4.69, 9.17) is 9.47 Å². The predicted molar refractivity (Wildman–Crippen MR) is 125 cm³/mol. The Morgan fingerprint density at radius 3 is 2.18 bits per heavy atom. The third-order valence-corrected chi connectivity index (χ3v) is 7.04. The largest absolute Gasteiger partial charge is 0.486 e. The van der Waals surface area contributed by atoms with Crippen molar-refractivity contribution in [2.24, 2.45) is 0 Å². The van der Waals surface area contributed by atoms with Crippen LogP contribution in [0, 0.1) is 0 Å². The highest BCUT2D eigenvalue weighted by atomic mass is 32.2. The minimum Gasteiger partial charge on any atom is -0.486 e. The van der Waals surface area contributed by atoms with E-state index in [2.05, 4.69) is 5.32 Å². The van der Waals surface area contributed by atoms with Crippen LogP contribution in [0.2, 0.25) is 0 Å². The van der Waals surface area contributed by atoms with E-state index in [9.17, 15) is 13.2 Å². The molecule has 1 aliphatic heterocycles. The van der Waals surface area contributed by atoms with E-state index in [1.54, 1.807) is 6.07 Å². The molecule has 7 nitrogen and oxygen atoms in total. The molecule has 0 radical (unpaired) electrons. The van der Waals surface area contributed by atoms with Crippen molar-refractivity contribution in [3.63, 3.8) is 0 Å². The van der Waals surface area contributed by atoms with Crippen LogP contribution in [0.25, 0.3) is 0 Å². The maximum Gasteiger partial charge on any atom is 0.243 e. The molecule has 0 fully saturated rings. The van der Waals surface area contributed by atoms with Crippen molar-refractivity contribution in [3.8, 4) is 11.5 Å². The molecule has 0 saturated carbocycles. The van der Waals surface area contributed by atoms with E-state index < -0.39 is 10.0 Å².